The summed E-state index contributed by atoms with van der Waals surface area (Å²) in [5.41, 5.74) is 1.28. The molecule has 132 valence electrons. The molecule has 2 aromatic heterocycles. The van der Waals surface area contributed by atoms with Gasteiger partial charge in [-0.2, -0.15) is 5.10 Å². The molecule has 0 spiro atoms. The van der Waals surface area contributed by atoms with Crippen LogP contribution in [0.5, 0.6) is 0 Å². The molecule has 1 saturated heterocycles. The van der Waals surface area contributed by atoms with Crippen molar-refractivity contribution in [1.82, 2.24) is 20.4 Å². The lowest BCUT2D eigenvalue weighted by Crippen LogP contribution is -2.47. The highest BCUT2D eigenvalue weighted by Crippen LogP contribution is 2.32. The smallest absolute Gasteiger partial charge is 0.272 e. The number of likely N-dealkylation sites (tertiary alicyclic amines) is 1. The molecule has 7 heteroatoms. The maximum atomic E-state index is 12.4. The average Bonchev–Trinajstić information content (AvgIpc) is 3.18. The fourth-order valence-corrected chi connectivity index (χ4v) is 4.07. The standard InChI is InChI=1S/C18H22N4O2S/c1-11-2-5-16(25-11)14-10-15(21-20-14)17(23)19-13-6-8-22(9-7-13)18(24)12-3-4-12/h2,5,10,12-13H,3-4,6-9H2,1H3,(H,19,23)(H,20,21). The molecule has 0 atom stereocenters. The quantitative estimate of drug-likeness (QED) is 0.882. The lowest BCUT2D eigenvalue weighted by molar-refractivity contribution is -0.133. The molecule has 0 aromatic carbocycles. The van der Waals surface area contributed by atoms with E-state index < -0.39 is 0 Å². The van der Waals surface area contributed by atoms with Gasteiger partial charge in [-0.05, 0) is 50.8 Å². The van der Waals surface area contributed by atoms with Crippen LogP contribution in [0.4, 0.5) is 0 Å². The Labute approximate surface area is 150 Å². The van der Waals surface area contributed by atoms with Gasteiger partial charge in [0.1, 0.15) is 0 Å². The molecule has 0 bridgehead atoms. The van der Waals surface area contributed by atoms with Gasteiger partial charge in [-0.25, -0.2) is 0 Å². The van der Waals surface area contributed by atoms with Crippen molar-refractivity contribution in [2.45, 2.75) is 38.6 Å². The summed E-state index contributed by atoms with van der Waals surface area (Å²) in [5.74, 6) is 0.421. The number of carbonyl (C=O) groups excluding carboxylic acids is 2. The second-order valence-electron chi connectivity index (χ2n) is 6.92. The molecule has 2 aromatic rings. The van der Waals surface area contributed by atoms with Gasteiger partial charge < -0.3 is 10.2 Å². The van der Waals surface area contributed by atoms with Gasteiger partial charge in [-0.15, -0.1) is 11.3 Å². The molecule has 0 unspecified atom stereocenters. The number of rotatable bonds is 4. The average molecular weight is 358 g/mol. The number of hydrogen-bond donors (Lipinski definition) is 2. The molecule has 6 nitrogen and oxygen atoms in total. The number of amides is 2. The van der Waals surface area contributed by atoms with Crippen molar-refractivity contribution in [3.63, 3.8) is 0 Å². The number of nitrogens with zero attached hydrogens (tertiary/aromatic N) is 2. The third-order valence-corrected chi connectivity index (χ3v) is 5.92. The van der Waals surface area contributed by atoms with Crippen LogP contribution in [-0.4, -0.2) is 46.0 Å². The third-order valence-electron chi connectivity index (χ3n) is 4.88. The van der Waals surface area contributed by atoms with Crippen molar-refractivity contribution in [3.05, 3.63) is 28.8 Å². The fraction of sp³-hybridized carbons (Fsp3) is 0.500. The summed E-state index contributed by atoms with van der Waals surface area (Å²) in [6.07, 6.45) is 3.71. The van der Waals surface area contributed by atoms with E-state index in [4.69, 9.17) is 0 Å². The van der Waals surface area contributed by atoms with Crippen molar-refractivity contribution in [3.8, 4) is 10.6 Å². The van der Waals surface area contributed by atoms with Crippen LogP contribution in [0, 0.1) is 12.8 Å². The summed E-state index contributed by atoms with van der Waals surface area (Å²) in [4.78, 5) is 28.8. The molecule has 2 N–H and O–H groups in total. The second-order valence-corrected chi connectivity index (χ2v) is 8.21. The first-order valence-corrected chi connectivity index (χ1v) is 9.63. The molecule has 4 rings (SSSR count). The molecule has 2 aliphatic rings. The van der Waals surface area contributed by atoms with Crippen molar-refractivity contribution in [2.24, 2.45) is 5.92 Å². The van der Waals surface area contributed by atoms with E-state index in [-0.39, 0.29) is 17.9 Å². The molecule has 3 heterocycles. The first-order chi connectivity index (χ1) is 12.1. The van der Waals surface area contributed by atoms with Gasteiger partial charge in [0.05, 0.1) is 10.6 Å². The summed E-state index contributed by atoms with van der Waals surface area (Å²) in [6.45, 7) is 3.53. The molecular weight excluding hydrogens is 336 g/mol. The number of piperidine rings is 1. The zero-order chi connectivity index (χ0) is 17.4. The topological polar surface area (TPSA) is 78.1 Å². The number of H-pyrrole nitrogens is 1. The highest BCUT2D eigenvalue weighted by molar-refractivity contribution is 7.15. The number of thiophene rings is 1. The first kappa shape index (κ1) is 16.3. The monoisotopic (exact) mass is 358 g/mol. The van der Waals surface area contributed by atoms with Gasteiger partial charge in [0, 0.05) is 29.9 Å². The number of aromatic amines is 1. The maximum absolute atomic E-state index is 12.4. The molecule has 2 fully saturated rings. The maximum Gasteiger partial charge on any atom is 0.272 e. The van der Waals surface area contributed by atoms with E-state index in [1.165, 1.54) is 4.88 Å². The van der Waals surface area contributed by atoms with Crippen molar-refractivity contribution in [1.29, 1.82) is 0 Å². The van der Waals surface area contributed by atoms with Crippen molar-refractivity contribution >= 4 is 23.2 Å². The van der Waals surface area contributed by atoms with Gasteiger partial charge in [-0.3, -0.25) is 14.7 Å². The molecular formula is C18H22N4O2S. The van der Waals surface area contributed by atoms with Gasteiger partial charge in [0.25, 0.3) is 5.91 Å². The third kappa shape index (κ3) is 3.61. The molecule has 25 heavy (non-hydrogen) atoms. The van der Waals surface area contributed by atoms with E-state index in [0.717, 1.165) is 49.3 Å². The van der Waals surface area contributed by atoms with E-state index in [1.54, 1.807) is 17.4 Å². The molecule has 1 saturated carbocycles. The Kier molecular flexibility index (Phi) is 4.33. The highest BCUT2D eigenvalue weighted by Gasteiger charge is 2.35. The van der Waals surface area contributed by atoms with Gasteiger partial charge in [0.15, 0.2) is 5.69 Å². The first-order valence-electron chi connectivity index (χ1n) is 8.82. The lowest BCUT2D eigenvalue weighted by Gasteiger charge is -2.32. The van der Waals surface area contributed by atoms with Crippen molar-refractivity contribution < 1.29 is 9.59 Å². The highest BCUT2D eigenvalue weighted by atomic mass is 32.1. The minimum Gasteiger partial charge on any atom is -0.348 e. The van der Waals surface area contributed by atoms with E-state index in [9.17, 15) is 9.59 Å². The zero-order valence-electron chi connectivity index (χ0n) is 14.2. The summed E-state index contributed by atoms with van der Waals surface area (Å²) in [5, 5.41) is 10.1. The van der Waals surface area contributed by atoms with Crippen LogP contribution in [0.25, 0.3) is 10.6 Å². The number of nitrogens with one attached hydrogen (secondary N) is 2. The van der Waals surface area contributed by atoms with E-state index in [0.29, 0.717) is 11.6 Å². The fourth-order valence-electron chi connectivity index (χ4n) is 3.24. The van der Waals surface area contributed by atoms with Crippen LogP contribution in [0.1, 0.15) is 41.0 Å². The second kappa shape index (κ2) is 6.63. The van der Waals surface area contributed by atoms with E-state index in [1.807, 2.05) is 11.0 Å². The van der Waals surface area contributed by atoms with Crippen LogP contribution in [0.2, 0.25) is 0 Å². The van der Waals surface area contributed by atoms with E-state index in [2.05, 4.69) is 28.5 Å². The molecule has 1 aliphatic heterocycles. The number of hydrogen-bond acceptors (Lipinski definition) is 4. The number of carbonyl (C=O) groups is 2. The minimum atomic E-state index is -0.150. The van der Waals surface area contributed by atoms with Crippen LogP contribution in [0.15, 0.2) is 18.2 Å². The molecule has 0 radical (unpaired) electrons. The predicted octanol–water partition coefficient (Wildman–Crippen LogP) is 2.58. The Bertz CT molecular complexity index is 785. The van der Waals surface area contributed by atoms with Crippen LogP contribution in [-0.2, 0) is 4.79 Å². The Morgan fingerprint density at radius 2 is 2.00 bits per heavy atom. The summed E-state index contributed by atoms with van der Waals surface area (Å²) in [7, 11) is 0. The van der Waals surface area contributed by atoms with E-state index >= 15 is 0 Å². The normalized spacial score (nSPS) is 18.4. The van der Waals surface area contributed by atoms with Crippen LogP contribution in [0.3, 0.4) is 0 Å². The minimum absolute atomic E-state index is 0.111. The molecule has 1 aliphatic carbocycles. The SMILES string of the molecule is Cc1ccc(-c2cc(C(=O)NC3CCN(C(=O)C4CC4)CC3)n[nH]2)s1. The Hall–Kier alpha value is -2.15. The van der Waals surface area contributed by atoms with Gasteiger partial charge >= 0.3 is 0 Å². The molecule has 2 amide bonds. The van der Waals surface area contributed by atoms with Gasteiger partial charge in [0.2, 0.25) is 5.91 Å². The summed E-state index contributed by atoms with van der Waals surface area (Å²) < 4.78 is 0. The lowest BCUT2D eigenvalue weighted by atomic mass is 10.0. The van der Waals surface area contributed by atoms with Crippen LogP contribution < -0.4 is 5.32 Å². The summed E-state index contributed by atoms with van der Waals surface area (Å²) in [6, 6.07) is 5.99. The van der Waals surface area contributed by atoms with Crippen LogP contribution >= 0.6 is 11.3 Å². The van der Waals surface area contributed by atoms with Gasteiger partial charge in [-0.1, -0.05) is 0 Å². The Morgan fingerprint density at radius 1 is 1.24 bits per heavy atom. The predicted molar refractivity (Wildman–Crippen MR) is 96.4 cm³/mol. The summed E-state index contributed by atoms with van der Waals surface area (Å²) >= 11 is 1.67. The number of aromatic nitrogens is 2. The van der Waals surface area contributed by atoms with Crippen molar-refractivity contribution in [2.75, 3.05) is 13.1 Å². The largest absolute Gasteiger partial charge is 0.348 e. The zero-order valence-corrected chi connectivity index (χ0v) is 15.1. The Morgan fingerprint density at radius 3 is 2.64 bits per heavy atom. The number of aryl methyl sites for hydroxylation is 1. The Balaban J connectivity index is 1.32.